The second-order valence-electron chi connectivity index (χ2n) is 4.68. The monoisotopic (exact) mass is 334 g/mol. The summed E-state index contributed by atoms with van der Waals surface area (Å²) in [5, 5.41) is 14.9. The smallest absolute Gasteiger partial charge is 0.207 e. The topological polar surface area (TPSA) is 43.1 Å². The number of halogens is 2. The number of benzene rings is 1. The largest absolute Gasteiger partial charge is 0.235 e. The van der Waals surface area contributed by atoms with E-state index in [0.717, 1.165) is 28.6 Å². The number of fused-ring (bicyclic) bond motifs is 1. The Morgan fingerprint density at radius 1 is 1.14 bits per heavy atom. The van der Waals surface area contributed by atoms with E-state index in [9.17, 15) is 8.78 Å². The molecule has 0 spiro atoms. The van der Waals surface area contributed by atoms with Gasteiger partial charge in [0, 0.05) is 0 Å². The van der Waals surface area contributed by atoms with Gasteiger partial charge < -0.3 is 0 Å². The summed E-state index contributed by atoms with van der Waals surface area (Å²) in [6.45, 7) is 1.98. The Balaban J connectivity index is 1.91. The van der Waals surface area contributed by atoms with Crippen LogP contribution in [0.25, 0.3) is 26.2 Å². The molecule has 0 bridgehead atoms. The van der Waals surface area contributed by atoms with Crippen molar-refractivity contribution >= 4 is 27.6 Å². The van der Waals surface area contributed by atoms with Crippen LogP contribution in [0.2, 0.25) is 0 Å². The summed E-state index contributed by atoms with van der Waals surface area (Å²) in [6, 6.07) is 5.30. The van der Waals surface area contributed by atoms with Gasteiger partial charge in [0.05, 0.1) is 10.4 Å². The van der Waals surface area contributed by atoms with E-state index in [4.69, 9.17) is 0 Å². The van der Waals surface area contributed by atoms with Gasteiger partial charge in [-0.15, -0.1) is 21.5 Å². The molecule has 0 atom stereocenters. The average Bonchev–Trinajstić information content (AvgIpc) is 3.16. The molecule has 110 valence electrons. The van der Waals surface area contributed by atoms with Gasteiger partial charge >= 0.3 is 0 Å². The van der Waals surface area contributed by atoms with E-state index in [2.05, 4.69) is 15.3 Å². The molecule has 4 rings (SSSR count). The van der Waals surface area contributed by atoms with Gasteiger partial charge in [-0.25, -0.2) is 8.78 Å². The maximum atomic E-state index is 13.9. The summed E-state index contributed by atoms with van der Waals surface area (Å²) in [6.07, 6.45) is 0. The van der Waals surface area contributed by atoms with E-state index in [-0.39, 0.29) is 5.56 Å². The highest BCUT2D eigenvalue weighted by Gasteiger charge is 2.18. The Bertz CT molecular complexity index is 986. The van der Waals surface area contributed by atoms with Gasteiger partial charge in [-0.3, -0.25) is 0 Å². The van der Waals surface area contributed by atoms with Gasteiger partial charge in [-0.05, 0) is 42.1 Å². The van der Waals surface area contributed by atoms with Crippen LogP contribution in [-0.4, -0.2) is 19.8 Å². The molecule has 3 heterocycles. The predicted octanol–water partition coefficient (Wildman–Crippen LogP) is 4.17. The lowest BCUT2D eigenvalue weighted by molar-refractivity contribution is 0.603. The molecule has 22 heavy (non-hydrogen) atoms. The minimum absolute atomic E-state index is 0.129. The van der Waals surface area contributed by atoms with Crippen molar-refractivity contribution in [2.75, 3.05) is 0 Å². The lowest BCUT2D eigenvalue weighted by atomic mass is 10.2. The predicted molar refractivity (Wildman–Crippen MR) is 82.1 cm³/mol. The Kier molecular flexibility index (Phi) is 3.02. The maximum absolute atomic E-state index is 13.9. The fourth-order valence-corrected chi connectivity index (χ4v) is 3.88. The Morgan fingerprint density at radius 2 is 2.00 bits per heavy atom. The van der Waals surface area contributed by atoms with E-state index in [1.165, 1.54) is 11.3 Å². The third-order valence-electron chi connectivity index (χ3n) is 3.21. The first-order valence-electron chi connectivity index (χ1n) is 6.35. The Hall–Kier alpha value is -2.19. The molecular weight excluding hydrogens is 326 g/mol. The summed E-state index contributed by atoms with van der Waals surface area (Å²) in [7, 11) is 0. The van der Waals surface area contributed by atoms with Crippen molar-refractivity contribution in [2.24, 2.45) is 0 Å². The number of nitrogens with zero attached hydrogens (tertiary/aromatic N) is 4. The Labute approximate surface area is 131 Å². The minimum atomic E-state index is -0.514. The standard InChI is InChI=1S/C14H8F2N4S2/c1-7-4-5-21-11(7)12-17-18-14-20(12)19-13(22-14)9-6-8(15)2-3-10(9)16/h2-6H,1H3. The molecule has 1 aromatic carbocycles. The summed E-state index contributed by atoms with van der Waals surface area (Å²) >= 11 is 2.71. The van der Waals surface area contributed by atoms with Crippen LogP contribution in [0.4, 0.5) is 8.78 Å². The molecule has 0 aliphatic carbocycles. The number of thiophene rings is 1. The maximum Gasteiger partial charge on any atom is 0.235 e. The first kappa shape index (κ1) is 13.5. The molecule has 4 nitrogen and oxygen atoms in total. The zero-order valence-corrected chi connectivity index (χ0v) is 12.9. The van der Waals surface area contributed by atoms with Crippen molar-refractivity contribution < 1.29 is 8.78 Å². The summed E-state index contributed by atoms with van der Waals surface area (Å²) in [5.74, 6) is -0.404. The normalized spacial score (nSPS) is 11.4. The molecule has 0 N–H and O–H groups in total. The Morgan fingerprint density at radius 3 is 2.77 bits per heavy atom. The van der Waals surface area contributed by atoms with Gasteiger partial charge in [0.15, 0.2) is 10.8 Å². The highest BCUT2D eigenvalue weighted by atomic mass is 32.1. The highest BCUT2D eigenvalue weighted by Crippen LogP contribution is 2.32. The van der Waals surface area contributed by atoms with Gasteiger partial charge in [-0.2, -0.15) is 9.61 Å². The number of aryl methyl sites for hydroxylation is 1. The van der Waals surface area contributed by atoms with E-state index < -0.39 is 11.6 Å². The zero-order chi connectivity index (χ0) is 15.3. The minimum Gasteiger partial charge on any atom is -0.207 e. The second-order valence-corrected chi connectivity index (χ2v) is 6.55. The first-order chi connectivity index (χ1) is 10.6. The molecule has 0 radical (unpaired) electrons. The van der Waals surface area contributed by atoms with E-state index in [1.54, 1.807) is 15.9 Å². The molecule has 0 amide bonds. The van der Waals surface area contributed by atoms with Crippen LogP contribution in [-0.2, 0) is 0 Å². The van der Waals surface area contributed by atoms with Crippen LogP contribution >= 0.6 is 22.7 Å². The highest BCUT2D eigenvalue weighted by molar-refractivity contribution is 7.20. The van der Waals surface area contributed by atoms with Crippen molar-refractivity contribution in [1.29, 1.82) is 0 Å². The van der Waals surface area contributed by atoms with E-state index >= 15 is 0 Å². The SMILES string of the molecule is Cc1ccsc1-c1nnc2sc(-c3cc(F)ccc3F)nn12. The number of hydrogen-bond donors (Lipinski definition) is 0. The molecule has 0 aliphatic heterocycles. The molecule has 4 aromatic rings. The van der Waals surface area contributed by atoms with Gasteiger partial charge in [0.2, 0.25) is 4.96 Å². The third-order valence-corrected chi connectivity index (χ3v) is 5.16. The van der Waals surface area contributed by atoms with Crippen molar-refractivity contribution in [3.05, 3.63) is 46.8 Å². The van der Waals surface area contributed by atoms with Crippen LogP contribution in [0, 0.1) is 18.6 Å². The van der Waals surface area contributed by atoms with Crippen LogP contribution in [0.5, 0.6) is 0 Å². The molecule has 0 aliphatic rings. The van der Waals surface area contributed by atoms with Crippen molar-refractivity contribution in [3.63, 3.8) is 0 Å². The quantitative estimate of drug-likeness (QED) is 0.553. The second kappa shape index (κ2) is 4.92. The van der Waals surface area contributed by atoms with E-state index in [1.807, 2.05) is 18.4 Å². The van der Waals surface area contributed by atoms with E-state index in [0.29, 0.717) is 15.8 Å². The molecule has 0 fully saturated rings. The average molecular weight is 334 g/mol. The van der Waals surface area contributed by atoms with Crippen LogP contribution in [0.15, 0.2) is 29.6 Å². The van der Waals surface area contributed by atoms with Crippen LogP contribution in [0.1, 0.15) is 5.56 Å². The molecular formula is C14H8F2N4S2. The fourth-order valence-electron chi connectivity index (χ4n) is 2.13. The number of rotatable bonds is 2. The van der Waals surface area contributed by atoms with Crippen LogP contribution in [0.3, 0.4) is 0 Å². The summed E-state index contributed by atoms with van der Waals surface area (Å²) < 4.78 is 28.8. The summed E-state index contributed by atoms with van der Waals surface area (Å²) in [4.78, 5) is 1.51. The van der Waals surface area contributed by atoms with Crippen LogP contribution < -0.4 is 0 Å². The third kappa shape index (κ3) is 2.03. The lowest BCUT2D eigenvalue weighted by Crippen LogP contribution is -1.92. The molecule has 0 unspecified atom stereocenters. The zero-order valence-electron chi connectivity index (χ0n) is 11.2. The number of aromatic nitrogens is 4. The lowest BCUT2D eigenvalue weighted by Gasteiger charge is -1.98. The summed E-state index contributed by atoms with van der Waals surface area (Å²) in [5.41, 5.74) is 1.20. The van der Waals surface area contributed by atoms with Gasteiger partial charge in [-0.1, -0.05) is 11.3 Å². The van der Waals surface area contributed by atoms with Crippen molar-refractivity contribution in [3.8, 4) is 21.3 Å². The molecule has 0 saturated carbocycles. The molecule has 3 aromatic heterocycles. The number of hydrogen-bond acceptors (Lipinski definition) is 5. The van der Waals surface area contributed by atoms with Crippen molar-refractivity contribution in [1.82, 2.24) is 19.8 Å². The van der Waals surface area contributed by atoms with Gasteiger partial charge in [0.1, 0.15) is 11.6 Å². The molecule has 8 heteroatoms. The van der Waals surface area contributed by atoms with Gasteiger partial charge in [0.25, 0.3) is 0 Å². The first-order valence-corrected chi connectivity index (χ1v) is 8.05. The molecule has 0 saturated heterocycles. The van der Waals surface area contributed by atoms with Crippen molar-refractivity contribution in [2.45, 2.75) is 6.92 Å². The fraction of sp³-hybridized carbons (Fsp3) is 0.0714.